The van der Waals surface area contributed by atoms with Gasteiger partial charge in [0.1, 0.15) is 11.3 Å². The second-order valence-electron chi connectivity index (χ2n) is 6.45. The van der Waals surface area contributed by atoms with Crippen molar-refractivity contribution in [2.24, 2.45) is 0 Å². The van der Waals surface area contributed by atoms with Crippen molar-refractivity contribution in [1.29, 1.82) is 0 Å². The number of hydrogen-bond acceptors (Lipinski definition) is 3. The summed E-state index contributed by atoms with van der Waals surface area (Å²) in [5, 5.41) is 9.54. The number of aromatic carboxylic acids is 1. The zero-order chi connectivity index (χ0) is 20.5. The second kappa shape index (κ2) is 10.3. The Morgan fingerprint density at radius 1 is 1.07 bits per heavy atom. The van der Waals surface area contributed by atoms with Crippen molar-refractivity contribution in [2.75, 3.05) is 19.7 Å². The maximum atomic E-state index is 12.4. The predicted molar refractivity (Wildman–Crippen MR) is 111 cm³/mol. The molecule has 0 spiro atoms. The van der Waals surface area contributed by atoms with Gasteiger partial charge in [-0.1, -0.05) is 36.4 Å². The molecule has 0 aromatic heterocycles. The van der Waals surface area contributed by atoms with Crippen molar-refractivity contribution in [3.63, 3.8) is 0 Å². The Bertz CT molecular complexity index is 839. The summed E-state index contributed by atoms with van der Waals surface area (Å²) in [5.74, 6) is -0.781. The molecule has 1 amide bonds. The first-order valence-electron chi connectivity index (χ1n) is 9.47. The number of likely N-dealkylation sites (N-methyl/N-ethyl adjacent to an activating group) is 1. The highest BCUT2D eigenvalue weighted by molar-refractivity contribution is 5.98. The van der Waals surface area contributed by atoms with Gasteiger partial charge in [0, 0.05) is 25.1 Å². The lowest BCUT2D eigenvalue weighted by molar-refractivity contribution is -0.126. The van der Waals surface area contributed by atoms with Gasteiger partial charge in [-0.25, -0.2) is 4.79 Å². The normalized spacial score (nSPS) is 11.2. The summed E-state index contributed by atoms with van der Waals surface area (Å²) >= 11 is 0. The van der Waals surface area contributed by atoms with E-state index in [9.17, 15) is 14.7 Å². The van der Waals surface area contributed by atoms with Crippen molar-refractivity contribution in [1.82, 2.24) is 4.90 Å². The molecule has 0 heterocycles. The maximum Gasteiger partial charge on any atom is 0.339 e. The van der Waals surface area contributed by atoms with Crippen molar-refractivity contribution in [2.45, 2.75) is 27.2 Å². The minimum absolute atomic E-state index is 0.0509. The summed E-state index contributed by atoms with van der Waals surface area (Å²) in [6.07, 6.45) is 2.40. The molecule has 5 nitrogen and oxygen atoms in total. The molecule has 0 aliphatic rings. The molecule has 0 aliphatic heterocycles. The van der Waals surface area contributed by atoms with E-state index in [1.165, 1.54) is 0 Å². The predicted octanol–water partition coefficient (Wildman–Crippen LogP) is 4.28. The zero-order valence-corrected chi connectivity index (χ0v) is 16.6. The van der Waals surface area contributed by atoms with Gasteiger partial charge in [0.05, 0.1) is 6.61 Å². The first-order valence-corrected chi connectivity index (χ1v) is 9.47. The zero-order valence-electron chi connectivity index (χ0n) is 16.6. The minimum atomic E-state index is -1.06. The lowest BCUT2D eigenvalue weighted by atomic mass is 10.1. The van der Waals surface area contributed by atoms with E-state index in [4.69, 9.17) is 4.74 Å². The van der Waals surface area contributed by atoms with Gasteiger partial charge in [-0.3, -0.25) is 4.79 Å². The average molecular weight is 381 g/mol. The fraction of sp³-hybridized carbons (Fsp3) is 0.304. The number of nitrogens with zero attached hydrogens (tertiary/aromatic N) is 1. The Morgan fingerprint density at radius 2 is 1.75 bits per heavy atom. The van der Waals surface area contributed by atoms with Gasteiger partial charge in [0.2, 0.25) is 5.91 Å². The Labute approximate surface area is 166 Å². The number of rotatable bonds is 9. The maximum absolute atomic E-state index is 12.4. The summed E-state index contributed by atoms with van der Waals surface area (Å²) in [6.45, 7) is 7.26. The molecule has 2 rings (SSSR count). The van der Waals surface area contributed by atoms with Crippen LogP contribution >= 0.6 is 0 Å². The van der Waals surface area contributed by atoms with Gasteiger partial charge in [-0.15, -0.1) is 0 Å². The number of carboxylic acids is 1. The summed E-state index contributed by atoms with van der Waals surface area (Å²) in [4.78, 5) is 25.8. The third-order valence-corrected chi connectivity index (χ3v) is 4.50. The molecule has 0 saturated carbocycles. The first kappa shape index (κ1) is 21.2. The molecule has 2 aromatic carbocycles. The Balaban J connectivity index is 2.14. The molecule has 0 unspecified atom stereocenters. The molecule has 0 bridgehead atoms. The number of amides is 1. The van der Waals surface area contributed by atoms with Crippen LogP contribution in [0.4, 0.5) is 0 Å². The van der Waals surface area contributed by atoms with E-state index < -0.39 is 5.97 Å². The molecule has 0 fully saturated rings. The van der Waals surface area contributed by atoms with E-state index in [0.29, 0.717) is 43.0 Å². The number of benzene rings is 2. The quantitative estimate of drug-likeness (QED) is 0.659. The Hall–Kier alpha value is -3.08. The van der Waals surface area contributed by atoms with Gasteiger partial charge in [-0.05, 0) is 50.1 Å². The van der Waals surface area contributed by atoms with Crippen LogP contribution in [-0.2, 0) is 11.2 Å². The third kappa shape index (κ3) is 5.71. The molecular weight excluding hydrogens is 354 g/mol. The molecule has 148 valence electrons. The number of carbonyl (C=O) groups is 2. The van der Waals surface area contributed by atoms with Crippen LogP contribution in [0.2, 0.25) is 0 Å². The third-order valence-electron chi connectivity index (χ3n) is 4.50. The highest BCUT2D eigenvalue weighted by Crippen LogP contribution is 2.22. The van der Waals surface area contributed by atoms with Crippen molar-refractivity contribution >= 4 is 18.0 Å². The SMILES string of the molecule is CCN(CC)C(=O)/C(C)=C\c1ccc(OCCc2ccccc2)c(C(=O)O)c1. The van der Waals surface area contributed by atoms with E-state index in [-0.39, 0.29) is 11.5 Å². The lowest BCUT2D eigenvalue weighted by Crippen LogP contribution is -2.30. The number of ether oxygens (including phenoxy) is 1. The van der Waals surface area contributed by atoms with Gasteiger partial charge in [0.15, 0.2) is 0 Å². The second-order valence-corrected chi connectivity index (χ2v) is 6.45. The minimum Gasteiger partial charge on any atom is -0.492 e. The molecule has 0 aliphatic carbocycles. The Kier molecular flexibility index (Phi) is 7.81. The van der Waals surface area contributed by atoms with Crippen molar-refractivity contribution in [3.05, 3.63) is 70.8 Å². The largest absolute Gasteiger partial charge is 0.492 e. The summed E-state index contributed by atoms with van der Waals surface area (Å²) in [5.41, 5.74) is 2.44. The molecule has 0 atom stereocenters. The molecule has 1 N–H and O–H groups in total. The summed E-state index contributed by atoms with van der Waals surface area (Å²) in [6, 6.07) is 14.8. The van der Waals surface area contributed by atoms with Gasteiger partial charge < -0.3 is 14.7 Å². The summed E-state index contributed by atoms with van der Waals surface area (Å²) in [7, 11) is 0. The van der Waals surface area contributed by atoms with Gasteiger partial charge in [-0.2, -0.15) is 0 Å². The van der Waals surface area contributed by atoms with Gasteiger partial charge >= 0.3 is 5.97 Å². The molecule has 2 aromatic rings. The first-order chi connectivity index (χ1) is 13.5. The number of carbonyl (C=O) groups excluding carboxylic acids is 1. The topological polar surface area (TPSA) is 66.8 Å². The van der Waals surface area contributed by atoms with E-state index >= 15 is 0 Å². The van der Waals surface area contributed by atoms with E-state index in [2.05, 4.69) is 0 Å². The molecular formula is C23H27NO4. The Morgan fingerprint density at radius 3 is 2.36 bits per heavy atom. The van der Waals surface area contributed by atoms with Crippen LogP contribution in [0, 0.1) is 0 Å². The fourth-order valence-electron chi connectivity index (χ4n) is 2.93. The van der Waals surface area contributed by atoms with Crippen LogP contribution in [0.15, 0.2) is 54.1 Å². The van der Waals surface area contributed by atoms with Crippen LogP contribution in [0.3, 0.4) is 0 Å². The summed E-state index contributed by atoms with van der Waals surface area (Å²) < 4.78 is 5.71. The van der Waals surface area contributed by atoms with Crippen LogP contribution in [0.25, 0.3) is 6.08 Å². The highest BCUT2D eigenvalue weighted by atomic mass is 16.5. The lowest BCUT2D eigenvalue weighted by Gasteiger charge is -2.19. The molecule has 0 radical (unpaired) electrons. The molecule has 0 saturated heterocycles. The molecule has 28 heavy (non-hydrogen) atoms. The van der Waals surface area contributed by atoms with Crippen LogP contribution in [0.1, 0.15) is 42.3 Å². The van der Waals surface area contributed by atoms with Crippen molar-refractivity contribution in [3.8, 4) is 5.75 Å². The van der Waals surface area contributed by atoms with Gasteiger partial charge in [0.25, 0.3) is 0 Å². The van der Waals surface area contributed by atoms with E-state index in [1.54, 1.807) is 36.1 Å². The van der Waals surface area contributed by atoms with Crippen LogP contribution < -0.4 is 4.74 Å². The highest BCUT2D eigenvalue weighted by Gasteiger charge is 2.14. The average Bonchev–Trinajstić information content (AvgIpc) is 2.70. The monoisotopic (exact) mass is 381 g/mol. The standard InChI is InChI=1S/C23H27NO4/c1-4-24(5-2)22(25)17(3)15-19-11-12-21(20(16-19)23(26)27)28-14-13-18-9-7-6-8-10-18/h6-12,15-16H,4-5,13-14H2,1-3H3,(H,26,27)/b17-15-. The van der Waals surface area contributed by atoms with Crippen molar-refractivity contribution < 1.29 is 19.4 Å². The van der Waals surface area contributed by atoms with Crippen LogP contribution in [0.5, 0.6) is 5.75 Å². The van der Waals surface area contributed by atoms with E-state index in [0.717, 1.165) is 5.56 Å². The smallest absolute Gasteiger partial charge is 0.339 e. The fourth-order valence-corrected chi connectivity index (χ4v) is 2.93. The number of carboxylic acid groups (broad SMARTS) is 1. The molecule has 5 heteroatoms. The number of hydrogen-bond donors (Lipinski definition) is 1. The van der Waals surface area contributed by atoms with Crippen LogP contribution in [-0.4, -0.2) is 41.6 Å². The van der Waals surface area contributed by atoms with E-state index in [1.807, 2.05) is 44.2 Å².